The van der Waals surface area contributed by atoms with Crippen LogP contribution < -0.4 is 10.0 Å². The van der Waals surface area contributed by atoms with Gasteiger partial charge in [-0.1, -0.05) is 6.92 Å². The summed E-state index contributed by atoms with van der Waals surface area (Å²) < 4.78 is 32.4. The van der Waals surface area contributed by atoms with Gasteiger partial charge in [-0.2, -0.15) is 0 Å². The number of rotatable bonds is 8. The second kappa shape index (κ2) is 7.01. The van der Waals surface area contributed by atoms with E-state index in [1.165, 1.54) is 6.20 Å². The summed E-state index contributed by atoms with van der Waals surface area (Å²) in [5, 5.41) is 3.09. The van der Waals surface area contributed by atoms with Crippen molar-refractivity contribution in [2.45, 2.75) is 37.7 Å². The lowest BCUT2D eigenvalue weighted by molar-refractivity contribution is 0.0276. The van der Waals surface area contributed by atoms with Gasteiger partial charge in [-0.25, -0.2) is 13.1 Å². The average Bonchev–Trinajstić information content (AvgIpc) is 2.43. The number of anilines is 1. The molecule has 0 bridgehead atoms. The molecule has 0 aliphatic rings. The van der Waals surface area contributed by atoms with Gasteiger partial charge < -0.3 is 10.1 Å². The average molecular weight is 301 g/mol. The summed E-state index contributed by atoms with van der Waals surface area (Å²) in [6.07, 6.45) is 3.82. The highest BCUT2D eigenvalue weighted by Gasteiger charge is 2.23. The molecule has 0 aliphatic heterocycles. The van der Waals surface area contributed by atoms with Crippen LogP contribution in [0.3, 0.4) is 0 Å². The molecule has 0 atom stereocenters. The van der Waals surface area contributed by atoms with Gasteiger partial charge in [0.1, 0.15) is 4.90 Å². The summed E-state index contributed by atoms with van der Waals surface area (Å²) in [7, 11) is -2.07. The van der Waals surface area contributed by atoms with E-state index in [9.17, 15) is 8.42 Å². The highest BCUT2D eigenvalue weighted by atomic mass is 32.2. The van der Waals surface area contributed by atoms with Crippen molar-refractivity contribution in [2.24, 2.45) is 0 Å². The molecule has 114 valence electrons. The van der Waals surface area contributed by atoms with Gasteiger partial charge in [0.25, 0.3) is 0 Å². The van der Waals surface area contributed by atoms with E-state index in [0.29, 0.717) is 12.2 Å². The second-order valence-corrected chi connectivity index (χ2v) is 6.82. The Bertz CT molecular complexity index is 529. The van der Waals surface area contributed by atoms with Crippen LogP contribution in [0.1, 0.15) is 27.2 Å². The molecule has 1 rings (SSSR count). The molecule has 1 aromatic heterocycles. The zero-order valence-electron chi connectivity index (χ0n) is 12.4. The molecule has 6 nitrogen and oxygen atoms in total. The monoisotopic (exact) mass is 301 g/mol. The molecule has 1 aromatic rings. The van der Waals surface area contributed by atoms with Crippen molar-refractivity contribution in [3.05, 3.63) is 18.5 Å². The number of hydrogen-bond acceptors (Lipinski definition) is 5. The van der Waals surface area contributed by atoms with E-state index < -0.39 is 15.6 Å². The fourth-order valence-electron chi connectivity index (χ4n) is 1.42. The van der Waals surface area contributed by atoms with Crippen molar-refractivity contribution in [2.75, 3.05) is 25.5 Å². The SMILES string of the molecule is CCCNc1ccncc1S(=O)(=O)NCC(C)(C)OC. The van der Waals surface area contributed by atoms with Crippen molar-refractivity contribution in [1.82, 2.24) is 9.71 Å². The first kappa shape index (κ1) is 16.9. The van der Waals surface area contributed by atoms with Crippen molar-refractivity contribution >= 4 is 15.7 Å². The van der Waals surface area contributed by atoms with Gasteiger partial charge in [0.05, 0.1) is 11.3 Å². The van der Waals surface area contributed by atoms with Crippen LogP contribution >= 0.6 is 0 Å². The molecule has 1 heterocycles. The molecule has 0 spiro atoms. The van der Waals surface area contributed by atoms with Crippen molar-refractivity contribution in [3.8, 4) is 0 Å². The molecule has 7 heteroatoms. The van der Waals surface area contributed by atoms with Crippen LogP contribution in [-0.2, 0) is 14.8 Å². The number of hydrogen-bond donors (Lipinski definition) is 2. The van der Waals surface area contributed by atoms with Gasteiger partial charge >= 0.3 is 0 Å². The summed E-state index contributed by atoms with van der Waals surface area (Å²) >= 11 is 0. The summed E-state index contributed by atoms with van der Waals surface area (Å²) in [6, 6.07) is 1.66. The van der Waals surface area contributed by atoms with E-state index in [-0.39, 0.29) is 11.4 Å². The lowest BCUT2D eigenvalue weighted by atomic mass is 10.1. The maximum atomic E-state index is 12.3. The minimum absolute atomic E-state index is 0.153. The van der Waals surface area contributed by atoms with Crippen LogP contribution in [0, 0.1) is 0 Å². The van der Waals surface area contributed by atoms with Crippen molar-refractivity contribution in [1.29, 1.82) is 0 Å². The normalized spacial score (nSPS) is 12.4. The topological polar surface area (TPSA) is 80.3 Å². The number of pyridine rings is 1. The van der Waals surface area contributed by atoms with Gasteiger partial charge in [0.15, 0.2) is 0 Å². The van der Waals surface area contributed by atoms with Crippen LogP contribution in [0.4, 0.5) is 5.69 Å². The summed E-state index contributed by atoms with van der Waals surface area (Å²) in [6.45, 7) is 6.54. The van der Waals surface area contributed by atoms with Gasteiger partial charge in [0, 0.05) is 32.6 Å². The molecule has 0 fully saturated rings. The Kier molecular flexibility index (Phi) is 5.91. The Morgan fingerprint density at radius 3 is 2.70 bits per heavy atom. The third-order valence-electron chi connectivity index (χ3n) is 2.88. The Morgan fingerprint density at radius 2 is 2.10 bits per heavy atom. The largest absolute Gasteiger partial charge is 0.384 e. The minimum Gasteiger partial charge on any atom is -0.384 e. The smallest absolute Gasteiger partial charge is 0.244 e. The Hall–Kier alpha value is -1.18. The molecular formula is C13H23N3O3S. The zero-order chi connectivity index (χ0) is 15.2. The maximum absolute atomic E-state index is 12.3. The zero-order valence-corrected chi connectivity index (χ0v) is 13.3. The number of methoxy groups -OCH3 is 1. The first-order valence-corrected chi connectivity index (χ1v) is 8.03. The summed E-state index contributed by atoms with van der Waals surface area (Å²) in [4.78, 5) is 4.05. The van der Waals surface area contributed by atoms with Gasteiger partial charge in [-0.05, 0) is 26.3 Å². The molecule has 2 N–H and O–H groups in total. The van der Waals surface area contributed by atoms with Gasteiger partial charge in [-0.3, -0.25) is 4.98 Å². The van der Waals surface area contributed by atoms with Crippen molar-refractivity contribution in [3.63, 3.8) is 0 Å². The van der Waals surface area contributed by atoms with Crippen LogP contribution in [0.2, 0.25) is 0 Å². The Labute approximate surface area is 121 Å². The first-order chi connectivity index (χ1) is 9.32. The number of ether oxygens (including phenoxy) is 1. The number of nitrogens with zero attached hydrogens (tertiary/aromatic N) is 1. The molecular weight excluding hydrogens is 278 g/mol. The molecule has 0 aromatic carbocycles. The molecule has 0 unspecified atom stereocenters. The van der Waals surface area contributed by atoms with Gasteiger partial charge in [0.2, 0.25) is 10.0 Å². The quantitative estimate of drug-likeness (QED) is 0.762. The summed E-state index contributed by atoms with van der Waals surface area (Å²) in [5.74, 6) is 0. The van der Waals surface area contributed by atoms with E-state index in [1.807, 2.05) is 20.8 Å². The second-order valence-electron chi connectivity index (χ2n) is 5.09. The minimum atomic E-state index is -3.62. The summed E-state index contributed by atoms with van der Waals surface area (Å²) in [5.41, 5.74) is -0.00342. The fourth-order valence-corrected chi connectivity index (χ4v) is 2.74. The standard InChI is InChI=1S/C13H23N3O3S/c1-5-7-15-11-6-8-14-9-12(11)20(17,18)16-10-13(2,3)19-4/h6,8-9,16H,5,7,10H2,1-4H3,(H,14,15). The lowest BCUT2D eigenvalue weighted by Gasteiger charge is -2.23. The van der Waals surface area contributed by atoms with Crippen molar-refractivity contribution < 1.29 is 13.2 Å². The maximum Gasteiger partial charge on any atom is 0.244 e. The molecule has 0 radical (unpaired) electrons. The molecule has 0 saturated carbocycles. The van der Waals surface area contributed by atoms with E-state index in [0.717, 1.165) is 6.42 Å². The van der Waals surface area contributed by atoms with E-state index in [1.54, 1.807) is 19.4 Å². The van der Waals surface area contributed by atoms with E-state index in [2.05, 4.69) is 15.0 Å². The Balaban J connectivity index is 2.92. The van der Waals surface area contributed by atoms with E-state index >= 15 is 0 Å². The first-order valence-electron chi connectivity index (χ1n) is 6.55. The molecule has 0 amide bonds. The highest BCUT2D eigenvalue weighted by Crippen LogP contribution is 2.20. The van der Waals surface area contributed by atoms with Crippen LogP contribution in [-0.4, -0.2) is 39.2 Å². The van der Waals surface area contributed by atoms with Crippen LogP contribution in [0.15, 0.2) is 23.4 Å². The van der Waals surface area contributed by atoms with Crippen LogP contribution in [0.5, 0.6) is 0 Å². The Morgan fingerprint density at radius 1 is 1.40 bits per heavy atom. The predicted octanol–water partition coefficient (Wildman–Crippen LogP) is 1.61. The number of sulfonamides is 1. The molecule has 0 saturated heterocycles. The van der Waals surface area contributed by atoms with Crippen LogP contribution in [0.25, 0.3) is 0 Å². The fraction of sp³-hybridized carbons (Fsp3) is 0.615. The lowest BCUT2D eigenvalue weighted by Crippen LogP contribution is -2.39. The number of nitrogens with one attached hydrogen (secondary N) is 2. The third kappa shape index (κ3) is 4.73. The predicted molar refractivity (Wildman–Crippen MR) is 79.3 cm³/mol. The molecule has 20 heavy (non-hydrogen) atoms. The van der Waals surface area contributed by atoms with E-state index in [4.69, 9.17) is 4.74 Å². The van der Waals surface area contributed by atoms with Gasteiger partial charge in [-0.15, -0.1) is 0 Å². The third-order valence-corrected chi connectivity index (χ3v) is 4.31. The highest BCUT2D eigenvalue weighted by molar-refractivity contribution is 7.89. The molecule has 0 aliphatic carbocycles. The number of aromatic nitrogens is 1.